The Morgan fingerprint density at radius 1 is 1.04 bits per heavy atom. The molecular weight excluding hydrogens is 300 g/mol. The molecule has 1 heterocycles. The Morgan fingerprint density at radius 3 is 2.58 bits per heavy atom. The highest BCUT2D eigenvalue weighted by Gasteiger charge is 2.79. The normalized spacial score (nSPS) is 61.3. The molecule has 0 aromatic rings. The molecule has 1 saturated heterocycles. The van der Waals surface area contributed by atoms with E-state index in [2.05, 4.69) is 13.8 Å². The molecule has 0 bridgehead atoms. The maximum atomic E-state index is 12.4. The standard InChI is InChI=1S/C21H32O3/c1-12(22)21-18(24-21)11-17-15-5-4-13-10-14(23)6-8-19(13,2)16(15)7-9-20(17,21)3/h13-18,23H,4-11H2,1-3H3/t13-,14-,15-,16+,17+,18+,19-,20+,21-/m0/s1. The van der Waals surface area contributed by atoms with E-state index in [9.17, 15) is 9.90 Å². The highest BCUT2D eigenvalue weighted by atomic mass is 16.6. The fourth-order valence-electron chi connectivity index (χ4n) is 8.30. The fraction of sp³-hybridized carbons (Fsp3) is 0.952. The molecule has 4 saturated carbocycles. The van der Waals surface area contributed by atoms with Crippen LogP contribution in [0.25, 0.3) is 0 Å². The Balaban J connectivity index is 1.47. The summed E-state index contributed by atoms with van der Waals surface area (Å²) < 4.78 is 6.02. The topological polar surface area (TPSA) is 49.8 Å². The van der Waals surface area contributed by atoms with Crippen molar-refractivity contribution in [1.82, 2.24) is 0 Å². The van der Waals surface area contributed by atoms with E-state index in [1.165, 1.54) is 25.7 Å². The van der Waals surface area contributed by atoms with E-state index < -0.39 is 5.60 Å². The van der Waals surface area contributed by atoms with Crippen LogP contribution in [0.5, 0.6) is 0 Å². The second-order valence-corrected chi connectivity index (χ2v) is 10.2. The van der Waals surface area contributed by atoms with Crippen LogP contribution in [-0.2, 0) is 9.53 Å². The number of aliphatic hydroxyl groups excluding tert-OH is 1. The maximum Gasteiger partial charge on any atom is 0.164 e. The molecule has 3 heteroatoms. The predicted molar refractivity (Wildman–Crippen MR) is 91.4 cm³/mol. The Bertz CT molecular complexity index is 588. The van der Waals surface area contributed by atoms with Gasteiger partial charge < -0.3 is 9.84 Å². The number of epoxide rings is 1. The summed E-state index contributed by atoms with van der Waals surface area (Å²) in [6.45, 7) is 6.64. The van der Waals surface area contributed by atoms with Crippen LogP contribution in [0.15, 0.2) is 0 Å². The first-order valence-electron chi connectivity index (χ1n) is 10.2. The number of hydrogen-bond donors (Lipinski definition) is 1. The van der Waals surface area contributed by atoms with Crippen LogP contribution in [0.1, 0.15) is 72.1 Å². The van der Waals surface area contributed by atoms with Crippen molar-refractivity contribution in [3.8, 4) is 0 Å². The molecule has 1 N–H and O–H groups in total. The van der Waals surface area contributed by atoms with Crippen molar-refractivity contribution in [3.05, 3.63) is 0 Å². The first-order chi connectivity index (χ1) is 11.3. The van der Waals surface area contributed by atoms with Gasteiger partial charge in [0, 0.05) is 5.41 Å². The SMILES string of the molecule is CC(=O)[C@]12O[C@@H]1C[C@@H]1[C@H]3CC[C@H]4C[C@@H](O)CC[C@]4(C)[C@@H]3CC[C@]12C. The van der Waals surface area contributed by atoms with Gasteiger partial charge in [-0.1, -0.05) is 13.8 Å². The van der Waals surface area contributed by atoms with E-state index in [-0.39, 0.29) is 23.4 Å². The minimum atomic E-state index is -0.427. The van der Waals surface area contributed by atoms with E-state index in [1.807, 2.05) is 0 Å². The molecule has 0 aromatic heterocycles. The van der Waals surface area contributed by atoms with E-state index in [0.29, 0.717) is 17.3 Å². The molecule has 134 valence electrons. The van der Waals surface area contributed by atoms with Gasteiger partial charge in [-0.3, -0.25) is 4.79 Å². The van der Waals surface area contributed by atoms with Crippen LogP contribution >= 0.6 is 0 Å². The number of carbonyl (C=O) groups excluding carboxylic acids is 1. The molecule has 5 aliphatic rings. The van der Waals surface area contributed by atoms with Gasteiger partial charge in [-0.2, -0.15) is 0 Å². The minimum Gasteiger partial charge on any atom is -0.393 e. The first-order valence-corrected chi connectivity index (χ1v) is 10.2. The van der Waals surface area contributed by atoms with Gasteiger partial charge in [0.2, 0.25) is 0 Å². The molecule has 0 aromatic carbocycles. The number of ketones is 1. The molecule has 24 heavy (non-hydrogen) atoms. The minimum absolute atomic E-state index is 0.0676. The number of carbonyl (C=O) groups is 1. The van der Waals surface area contributed by atoms with Crippen LogP contribution in [0.4, 0.5) is 0 Å². The molecule has 9 atom stereocenters. The lowest BCUT2D eigenvalue weighted by Gasteiger charge is -2.61. The molecule has 5 rings (SSSR count). The highest BCUT2D eigenvalue weighted by molar-refractivity contribution is 5.90. The summed E-state index contributed by atoms with van der Waals surface area (Å²) in [5.74, 6) is 3.22. The van der Waals surface area contributed by atoms with Crippen molar-refractivity contribution >= 4 is 5.78 Å². The summed E-state index contributed by atoms with van der Waals surface area (Å²) in [4.78, 5) is 12.4. The molecule has 0 unspecified atom stereocenters. The van der Waals surface area contributed by atoms with Gasteiger partial charge in [0.25, 0.3) is 0 Å². The smallest absolute Gasteiger partial charge is 0.164 e. The average Bonchev–Trinajstić information content (AvgIpc) is 3.21. The van der Waals surface area contributed by atoms with Gasteiger partial charge in [0.1, 0.15) is 0 Å². The lowest BCUT2D eigenvalue weighted by Crippen LogP contribution is -2.56. The van der Waals surface area contributed by atoms with Gasteiger partial charge in [0.15, 0.2) is 11.4 Å². The second kappa shape index (κ2) is 4.65. The van der Waals surface area contributed by atoms with Crippen molar-refractivity contribution < 1.29 is 14.6 Å². The van der Waals surface area contributed by atoms with Crippen molar-refractivity contribution in [1.29, 1.82) is 0 Å². The quantitative estimate of drug-likeness (QED) is 0.745. The molecule has 3 nitrogen and oxygen atoms in total. The van der Waals surface area contributed by atoms with Crippen LogP contribution in [-0.4, -0.2) is 28.7 Å². The fourth-order valence-corrected chi connectivity index (χ4v) is 8.30. The number of hydrogen-bond acceptors (Lipinski definition) is 3. The van der Waals surface area contributed by atoms with Gasteiger partial charge in [0.05, 0.1) is 12.2 Å². The molecular formula is C21H32O3. The summed E-state index contributed by atoms with van der Waals surface area (Å²) >= 11 is 0. The second-order valence-electron chi connectivity index (χ2n) is 10.2. The summed E-state index contributed by atoms with van der Waals surface area (Å²) in [6.07, 6.45) is 9.45. The van der Waals surface area contributed by atoms with E-state index in [0.717, 1.165) is 37.5 Å². The van der Waals surface area contributed by atoms with Crippen molar-refractivity contribution in [2.45, 2.75) is 89.9 Å². The number of ether oxygens (including phenoxy) is 1. The monoisotopic (exact) mass is 332 g/mol. The Morgan fingerprint density at radius 2 is 1.83 bits per heavy atom. The van der Waals surface area contributed by atoms with Gasteiger partial charge in [-0.05, 0) is 87.4 Å². The zero-order chi connectivity index (χ0) is 16.9. The van der Waals surface area contributed by atoms with Crippen molar-refractivity contribution in [2.75, 3.05) is 0 Å². The Hall–Kier alpha value is -0.410. The maximum absolute atomic E-state index is 12.4. The molecule has 0 radical (unpaired) electrons. The van der Waals surface area contributed by atoms with Crippen LogP contribution < -0.4 is 0 Å². The third-order valence-corrected chi connectivity index (χ3v) is 9.59. The number of rotatable bonds is 1. The van der Waals surface area contributed by atoms with Crippen LogP contribution in [0, 0.1) is 34.5 Å². The Labute approximate surface area is 145 Å². The van der Waals surface area contributed by atoms with Crippen LogP contribution in [0.3, 0.4) is 0 Å². The van der Waals surface area contributed by atoms with Crippen molar-refractivity contribution in [2.24, 2.45) is 34.5 Å². The Kier molecular flexibility index (Phi) is 3.06. The summed E-state index contributed by atoms with van der Waals surface area (Å²) in [5.41, 5.74) is 0.0612. The zero-order valence-electron chi connectivity index (χ0n) is 15.4. The summed E-state index contributed by atoms with van der Waals surface area (Å²) in [7, 11) is 0. The summed E-state index contributed by atoms with van der Waals surface area (Å²) in [5, 5.41) is 10.1. The molecule has 0 amide bonds. The number of fused-ring (bicyclic) bond motifs is 7. The number of Topliss-reactive ketones (excluding diaryl/α,β-unsaturated/α-hetero) is 1. The van der Waals surface area contributed by atoms with Gasteiger partial charge in [-0.15, -0.1) is 0 Å². The third kappa shape index (κ3) is 1.65. The molecule has 0 spiro atoms. The average molecular weight is 332 g/mol. The number of aliphatic hydroxyl groups is 1. The van der Waals surface area contributed by atoms with E-state index >= 15 is 0 Å². The van der Waals surface area contributed by atoms with Crippen molar-refractivity contribution in [3.63, 3.8) is 0 Å². The van der Waals surface area contributed by atoms with Crippen LogP contribution in [0.2, 0.25) is 0 Å². The first kappa shape index (κ1) is 15.8. The lowest BCUT2D eigenvalue weighted by atomic mass is 9.44. The summed E-state index contributed by atoms with van der Waals surface area (Å²) in [6, 6.07) is 0. The van der Waals surface area contributed by atoms with Gasteiger partial charge >= 0.3 is 0 Å². The third-order valence-electron chi connectivity index (χ3n) is 9.59. The largest absolute Gasteiger partial charge is 0.393 e. The molecule has 4 aliphatic carbocycles. The van der Waals surface area contributed by atoms with E-state index in [4.69, 9.17) is 4.74 Å². The van der Waals surface area contributed by atoms with E-state index in [1.54, 1.807) is 6.92 Å². The predicted octanol–water partition coefficient (Wildman–Crippen LogP) is 3.73. The molecule has 5 fully saturated rings. The molecule has 1 aliphatic heterocycles. The van der Waals surface area contributed by atoms with Gasteiger partial charge in [-0.25, -0.2) is 0 Å². The lowest BCUT2D eigenvalue weighted by molar-refractivity contribution is -0.151. The highest BCUT2D eigenvalue weighted by Crippen LogP contribution is 2.73. The zero-order valence-corrected chi connectivity index (χ0v) is 15.4.